The molecule has 0 amide bonds. The van der Waals surface area contributed by atoms with Gasteiger partial charge in [-0.3, -0.25) is 0 Å². The monoisotopic (exact) mass is 276 g/mol. The summed E-state index contributed by atoms with van der Waals surface area (Å²) in [6, 6.07) is 5.32. The molecule has 100 valence electrons. The minimum atomic E-state index is -0.903. The van der Waals surface area contributed by atoms with E-state index in [1.807, 2.05) is 37.2 Å². The molecule has 0 saturated heterocycles. The minimum absolute atomic E-state index is 0.328. The molecule has 1 aromatic heterocycles. The molecule has 5 heteroatoms. The van der Waals surface area contributed by atoms with Crippen LogP contribution in [0.25, 0.3) is 0 Å². The molecular weight excluding hydrogens is 260 g/mol. The maximum absolute atomic E-state index is 11.3. The van der Waals surface area contributed by atoms with Crippen LogP contribution in [0.1, 0.15) is 26.6 Å². The quantitative estimate of drug-likeness (QED) is 0.932. The summed E-state index contributed by atoms with van der Waals surface area (Å²) in [5, 5.41) is 12.3. The summed E-state index contributed by atoms with van der Waals surface area (Å²) in [5.74, 6) is -0.903. The summed E-state index contributed by atoms with van der Waals surface area (Å²) in [6.45, 7) is 4.49. The van der Waals surface area contributed by atoms with Gasteiger partial charge in [0.05, 0.1) is 28.5 Å². The van der Waals surface area contributed by atoms with Gasteiger partial charge in [-0.05, 0) is 25.5 Å². The second kappa shape index (κ2) is 5.40. The summed E-state index contributed by atoms with van der Waals surface area (Å²) >= 11 is 1.60. The van der Waals surface area contributed by atoms with Gasteiger partial charge in [0.25, 0.3) is 0 Å². The Hall–Kier alpha value is -1.88. The topological polar surface area (TPSA) is 53.4 Å². The van der Waals surface area contributed by atoms with Crippen LogP contribution < -0.4 is 4.90 Å². The normalized spacial score (nSPS) is 10.5. The molecule has 0 bridgehead atoms. The molecule has 2 rings (SSSR count). The Kier molecular flexibility index (Phi) is 3.85. The molecule has 0 spiro atoms. The predicted octanol–water partition coefficient (Wildman–Crippen LogP) is 3.09. The first-order valence-corrected chi connectivity index (χ1v) is 6.82. The van der Waals surface area contributed by atoms with E-state index < -0.39 is 5.97 Å². The molecule has 1 N–H and O–H groups in total. The third-order valence-electron chi connectivity index (χ3n) is 2.92. The zero-order chi connectivity index (χ0) is 14.0. The van der Waals surface area contributed by atoms with Crippen molar-refractivity contribution in [3.63, 3.8) is 0 Å². The highest BCUT2D eigenvalue weighted by Gasteiger charge is 2.16. The Bertz CT molecular complexity index is 607. The van der Waals surface area contributed by atoms with Gasteiger partial charge in [-0.25, -0.2) is 9.78 Å². The van der Waals surface area contributed by atoms with Gasteiger partial charge in [-0.1, -0.05) is 12.1 Å². The van der Waals surface area contributed by atoms with Crippen molar-refractivity contribution in [2.24, 2.45) is 0 Å². The number of carbonyl (C=O) groups is 1. The van der Waals surface area contributed by atoms with Crippen molar-refractivity contribution in [2.75, 3.05) is 11.9 Å². The maximum Gasteiger partial charge on any atom is 0.337 e. The van der Waals surface area contributed by atoms with Gasteiger partial charge in [0.15, 0.2) is 0 Å². The number of carboxylic acid groups (broad SMARTS) is 1. The zero-order valence-electron chi connectivity index (χ0n) is 11.2. The highest BCUT2D eigenvalue weighted by molar-refractivity contribution is 7.09. The molecule has 4 nitrogen and oxygen atoms in total. The fourth-order valence-electron chi connectivity index (χ4n) is 2.14. The molecular formula is C14H16N2O2S. The lowest BCUT2D eigenvalue weighted by Gasteiger charge is -2.22. The molecule has 0 radical (unpaired) electrons. The number of nitrogens with zero attached hydrogens (tertiary/aromatic N) is 2. The number of hydrogen-bond donors (Lipinski definition) is 1. The minimum Gasteiger partial charge on any atom is -0.478 e. The first-order chi connectivity index (χ1) is 8.99. The predicted molar refractivity (Wildman–Crippen MR) is 77.1 cm³/mol. The van der Waals surface area contributed by atoms with Gasteiger partial charge >= 0.3 is 5.97 Å². The SMILES string of the molecule is Cc1nc(CN(C)c2c(C)cccc2C(=O)O)cs1. The summed E-state index contributed by atoms with van der Waals surface area (Å²) in [4.78, 5) is 17.6. The van der Waals surface area contributed by atoms with Crippen molar-refractivity contribution in [1.82, 2.24) is 4.98 Å². The Balaban J connectivity index is 2.32. The van der Waals surface area contributed by atoms with Crippen molar-refractivity contribution in [2.45, 2.75) is 20.4 Å². The summed E-state index contributed by atoms with van der Waals surface area (Å²) in [7, 11) is 1.89. The van der Waals surface area contributed by atoms with E-state index in [0.717, 1.165) is 22.0 Å². The first-order valence-electron chi connectivity index (χ1n) is 5.94. The fraction of sp³-hybridized carbons (Fsp3) is 0.286. The molecule has 2 aromatic rings. The van der Waals surface area contributed by atoms with E-state index in [2.05, 4.69) is 4.98 Å². The molecule has 19 heavy (non-hydrogen) atoms. The average Bonchev–Trinajstić information content (AvgIpc) is 2.74. The van der Waals surface area contributed by atoms with Gasteiger partial charge in [0, 0.05) is 12.4 Å². The van der Waals surface area contributed by atoms with Crippen LogP contribution in [0.5, 0.6) is 0 Å². The van der Waals surface area contributed by atoms with Gasteiger partial charge in [-0.2, -0.15) is 0 Å². The van der Waals surface area contributed by atoms with Gasteiger partial charge in [0.2, 0.25) is 0 Å². The molecule has 0 aliphatic carbocycles. The molecule has 0 aliphatic heterocycles. The molecule has 0 atom stereocenters. The van der Waals surface area contributed by atoms with Crippen LogP contribution in [-0.4, -0.2) is 23.1 Å². The number of aromatic carboxylic acids is 1. The molecule has 0 aliphatic rings. The van der Waals surface area contributed by atoms with Crippen LogP contribution in [-0.2, 0) is 6.54 Å². The largest absolute Gasteiger partial charge is 0.478 e. The number of carboxylic acids is 1. The molecule has 0 saturated carbocycles. The Morgan fingerprint density at radius 2 is 2.16 bits per heavy atom. The number of anilines is 1. The van der Waals surface area contributed by atoms with E-state index in [9.17, 15) is 9.90 Å². The summed E-state index contributed by atoms with van der Waals surface area (Å²) in [5.41, 5.74) is 2.99. The Morgan fingerprint density at radius 1 is 1.42 bits per heavy atom. The zero-order valence-corrected chi connectivity index (χ0v) is 12.0. The molecule has 0 fully saturated rings. The van der Waals surface area contributed by atoms with Crippen molar-refractivity contribution < 1.29 is 9.90 Å². The lowest BCUT2D eigenvalue weighted by molar-refractivity contribution is 0.0697. The van der Waals surface area contributed by atoms with E-state index in [-0.39, 0.29) is 0 Å². The van der Waals surface area contributed by atoms with Gasteiger partial charge < -0.3 is 10.0 Å². The van der Waals surface area contributed by atoms with Crippen molar-refractivity contribution >= 4 is 23.0 Å². The van der Waals surface area contributed by atoms with E-state index in [0.29, 0.717) is 12.1 Å². The second-order valence-electron chi connectivity index (χ2n) is 4.49. The Morgan fingerprint density at radius 3 is 2.74 bits per heavy atom. The van der Waals surface area contributed by atoms with Crippen LogP contribution >= 0.6 is 11.3 Å². The first kappa shape index (κ1) is 13.5. The number of thiazole rings is 1. The molecule has 0 unspecified atom stereocenters. The standard InChI is InChI=1S/C14H16N2O2S/c1-9-5-4-6-12(14(17)18)13(9)16(3)7-11-8-19-10(2)15-11/h4-6,8H,7H2,1-3H3,(H,17,18). The number of aryl methyl sites for hydroxylation is 2. The van der Waals surface area contributed by atoms with Crippen molar-refractivity contribution in [3.8, 4) is 0 Å². The molecule has 1 aromatic carbocycles. The molecule has 1 heterocycles. The summed E-state index contributed by atoms with van der Waals surface area (Å²) < 4.78 is 0. The maximum atomic E-state index is 11.3. The number of rotatable bonds is 4. The van der Waals surface area contributed by atoms with E-state index in [1.165, 1.54) is 0 Å². The van der Waals surface area contributed by atoms with Crippen molar-refractivity contribution in [1.29, 1.82) is 0 Å². The van der Waals surface area contributed by atoms with Crippen LogP contribution in [0.15, 0.2) is 23.6 Å². The van der Waals surface area contributed by atoms with Crippen molar-refractivity contribution in [3.05, 3.63) is 45.4 Å². The Labute approximate surface area is 116 Å². The average molecular weight is 276 g/mol. The van der Waals surface area contributed by atoms with Crippen LogP contribution in [0.2, 0.25) is 0 Å². The van der Waals surface area contributed by atoms with Crippen LogP contribution in [0, 0.1) is 13.8 Å². The fourth-order valence-corrected chi connectivity index (χ4v) is 2.74. The van der Waals surface area contributed by atoms with Gasteiger partial charge in [-0.15, -0.1) is 11.3 Å². The van der Waals surface area contributed by atoms with Crippen LogP contribution in [0.3, 0.4) is 0 Å². The summed E-state index contributed by atoms with van der Waals surface area (Å²) in [6.07, 6.45) is 0. The van der Waals surface area contributed by atoms with E-state index >= 15 is 0 Å². The third-order valence-corrected chi connectivity index (χ3v) is 3.74. The highest BCUT2D eigenvalue weighted by Crippen LogP contribution is 2.25. The highest BCUT2D eigenvalue weighted by atomic mass is 32.1. The smallest absolute Gasteiger partial charge is 0.337 e. The number of para-hydroxylation sites is 1. The lowest BCUT2D eigenvalue weighted by Crippen LogP contribution is -2.20. The number of aromatic nitrogens is 1. The van der Waals surface area contributed by atoms with E-state index in [4.69, 9.17) is 0 Å². The number of hydrogen-bond acceptors (Lipinski definition) is 4. The lowest BCUT2D eigenvalue weighted by atomic mass is 10.1. The third kappa shape index (κ3) is 2.93. The van der Waals surface area contributed by atoms with E-state index in [1.54, 1.807) is 23.5 Å². The number of benzene rings is 1. The van der Waals surface area contributed by atoms with Crippen LogP contribution in [0.4, 0.5) is 5.69 Å². The second-order valence-corrected chi connectivity index (χ2v) is 5.55. The van der Waals surface area contributed by atoms with Gasteiger partial charge in [0.1, 0.15) is 0 Å².